The SMILES string of the molecule is COc1cc(C=NNC(=S)NCCc2ccccc2)ccc1OCC(=O)N1CC(C)OC(C)C1. The second kappa shape index (κ2) is 12.9. The maximum absolute atomic E-state index is 12.5. The molecule has 0 aromatic heterocycles. The molecule has 0 saturated carbocycles. The van der Waals surface area contributed by atoms with Crippen LogP contribution in [0, 0.1) is 0 Å². The van der Waals surface area contributed by atoms with Crippen molar-refractivity contribution in [3.05, 3.63) is 59.7 Å². The molecule has 0 radical (unpaired) electrons. The summed E-state index contributed by atoms with van der Waals surface area (Å²) in [5, 5.41) is 7.75. The van der Waals surface area contributed by atoms with Crippen LogP contribution < -0.4 is 20.2 Å². The standard InChI is InChI=1S/C25H32N4O4S/c1-18-15-29(16-19(2)33-18)24(30)17-32-22-10-9-21(13-23(22)31-3)14-27-28-25(34)26-12-11-20-7-5-4-6-8-20/h4-10,13-14,18-19H,11-12,15-17H2,1-3H3,(H2,26,28,34). The number of methoxy groups -OCH3 is 1. The third-order valence-corrected chi connectivity index (χ3v) is 5.47. The third-order valence-electron chi connectivity index (χ3n) is 5.23. The summed E-state index contributed by atoms with van der Waals surface area (Å²) in [6.45, 7) is 5.70. The minimum absolute atomic E-state index is 0.0151. The maximum Gasteiger partial charge on any atom is 0.260 e. The zero-order chi connectivity index (χ0) is 24.3. The fourth-order valence-electron chi connectivity index (χ4n) is 3.67. The molecule has 1 fully saturated rings. The highest BCUT2D eigenvalue weighted by Gasteiger charge is 2.26. The minimum atomic E-state index is -0.0767. The summed E-state index contributed by atoms with van der Waals surface area (Å²) in [5.41, 5.74) is 4.85. The van der Waals surface area contributed by atoms with Gasteiger partial charge in [0, 0.05) is 19.6 Å². The molecule has 1 aliphatic heterocycles. The molecule has 182 valence electrons. The Morgan fingerprint density at radius 2 is 1.91 bits per heavy atom. The average molecular weight is 485 g/mol. The molecule has 2 N–H and O–H groups in total. The van der Waals surface area contributed by atoms with E-state index in [2.05, 4.69) is 28.0 Å². The van der Waals surface area contributed by atoms with Gasteiger partial charge in [-0.25, -0.2) is 0 Å². The summed E-state index contributed by atoms with van der Waals surface area (Å²) in [5.74, 6) is 0.935. The molecule has 34 heavy (non-hydrogen) atoms. The number of ether oxygens (including phenoxy) is 3. The molecule has 2 atom stereocenters. The van der Waals surface area contributed by atoms with Crippen LogP contribution in [0.3, 0.4) is 0 Å². The van der Waals surface area contributed by atoms with Gasteiger partial charge in [0.15, 0.2) is 23.2 Å². The number of thiocarbonyl (C=S) groups is 1. The summed E-state index contributed by atoms with van der Waals surface area (Å²) in [4.78, 5) is 14.3. The van der Waals surface area contributed by atoms with Gasteiger partial charge in [-0.2, -0.15) is 5.10 Å². The van der Waals surface area contributed by atoms with E-state index in [-0.39, 0.29) is 24.7 Å². The first-order chi connectivity index (χ1) is 16.4. The number of amides is 1. The fourth-order valence-corrected chi connectivity index (χ4v) is 3.82. The van der Waals surface area contributed by atoms with Gasteiger partial charge in [-0.3, -0.25) is 10.2 Å². The molecule has 0 bridgehead atoms. The van der Waals surface area contributed by atoms with Crippen molar-refractivity contribution in [2.75, 3.05) is 33.4 Å². The Balaban J connectivity index is 1.45. The first kappa shape index (κ1) is 25.5. The van der Waals surface area contributed by atoms with Gasteiger partial charge in [-0.05, 0) is 61.8 Å². The van der Waals surface area contributed by atoms with E-state index >= 15 is 0 Å². The molecule has 2 unspecified atom stereocenters. The van der Waals surface area contributed by atoms with Crippen molar-refractivity contribution in [3.8, 4) is 11.5 Å². The molecule has 8 nitrogen and oxygen atoms in total. The summed E-state index contributed by atoms with van der Waals surface area (Å²) in [6, 6.07) is 15.6. The highest BCUT2D eigenvalue weighted by molar-refractivity contribution is 7.80. The number of benzene rings is 2. The minimum Gasteiger partial charge on any atom is -0.493 e. The van der Waals surface area contributed by atoms with E-state index in [9.17, 15) is 4.79 Å². The van der Waals surface area contributed by atoms with E-state index in [4.69, 9.17) is 26.4 Å². The smallest absolute Gasteiger partial charge is 0.260 e. The Hall–Kier alpha value is -3.17. The second-order valence-electron chi connectivity index (χ2n) is 8.12. The van der Waals surface area contributed by atoms with Crippen molar-refractivity contribution in [1.82, 2.24) is 15.6 Å². The van der Waals surface area contributed by atoms with Crippen molar-refractivity contribution in [2.24, 2.45) is 5.10 Å². The van der Waals surface area contributed by atoms with Gasteiger partial charge in [0.2, 0.25) is 0 Å². The third kappa shape index (κ3) is 8.00. The number of morpholine rings is 1. The Bertz CT molecular complexity index is 976. The molecule has 1 amide bonds. The average Bonchev–Trinajstić information content (AvgIpc) is 2.83. The fraction of sp³-hybridized carbons (Fsp3) is 0.400. The van der Waals surface area contributed by atoms with Gasteiger partial charge < -0.3 is 24.4 Å². The van der Waals surface area contributed by atoms with Crippen LogP contribution in [0.15, 0.2) is 53.6 Å². The van der Waals surface area contributed by atoms with Gasteiger partial charge in [-0.1, -0.05) is 30.3 Å². The van der Waals surface area contributed by atoms with Gasteiger partial charge in [0.25, 0.3) is 5.91 Å². The monoisotopic (exact) mass is 484 g/mol. The Morgan fingerprint density at radius 3 is 2.62 bits per heavy atom. The molecular weight excluding hydrogens is 452 g/mol. The van der Waals surface area contributed by atoms with Crippen LogP contribution in [-0.2, 0) is 16.0 Å². The number of carbonyl (C=O) groups is 1. The summed E-state index contributed by atoms with van der Waals surface area (Å²) < 4.78 is 16.9. The van der Waals surface area contributed by atoms with E-state index in [1.807, 2.05) is 38.1 Å². The van der Waals surface area contributed by atoms with E-state index in [0.29, 0.717) is 36.2 Å². The number of hydrazone groups is 1. The normalized spacial score (nSPS) is 17.9. The molecular formula is C25H32N4O4S. The van der Waals surface area contributed by atoms with Crippen LogP contribution in [0.5, 0.6) is 11.5 Å². The van der Waals surface area contributed by atoms with Crippen molar-refractivity contribution in [2.45, 2.75) is 32.5 Å². The maximum atomic E-state index is 12.5. The van der Waals surface area contributed by atoms with Crippen molar-refractivity contribution < 1.29 is 19.0 Å². The highest BCUT2D eigenvalue weighted by atomic mass is 32.1. The van der Waals surface area contributed by atoms with Crippen LogP contribution in [0.4, 0.5) is 0 Å². The molecule has 1 saturated heterocycles. The van der Waals surface area contributed by atoms with E-state index < -0.39 is 0 Å². The number of hydrogen-bond acceptors (Lipinski definition) is 6. The Kier molecular flexibility index (Phi) is 9.66. The van der Waals surface area contributed by atoms with Gasteiger partial charge in [-0.15, -0.1) is 0 Å². The number of carbonyl (C=O) groups excluding carboxylic acids is 1. The van der Waals surface area contributed by atoms with Crippen LogP contribution >= 0.6 is 12.2 Å². The molecule has 1 heterocycles. The molecule has 1 aliphatic rings. The van der Waals surface area contributed by atoms with E-state index in [1.165, 1.54) is 5.56 Å². The first-order valence-corrected chi connectivity index (χ1v) is 11.7. The van der Waals surface area contributed by atoms with Crippen molar-refractivity contribution in [3.63, 3.8) is 0 Å². The molecule has 9 heteroatoms. The largest absolute Gasteiger partial charge is 0.493 e. The van der Waals surface area contributed by atoms with E-state index in [0.717, 1.165) is 12.0 Å². The number of hydrogen-bond donors (Lipinski definition) is 2. The number of nitrogens with zero attached hydrogens (tertiary/aromatic N) is 2. The number of nitrogens with one attached hydrogen (secondary N) is 2. The van der Waals surface area contributed by atoms with Gasteiger partial charge in [0.05, 0.1) is 25.5 Å². The summed E-state index contributed by atoms with van der Waals surface area (Å²) >= 11 is 5.26. The molecule has 2 aromatic rings. The summed E-state index contributed by atoms with van der Waals surface area (Å²) in [6.07, 6.45) is 2.54. The Morgan fingerprint density at radius 1 is 1.18 bits per heavy atom. The predicted molar refractivity (Wildman–Crippen MR) is 137 cm³/mol. The lowest BCUT2D eigenvalue weighted by Crippen LogP contribution is -2.49. The van der Waals surface area contributed by atoms with Crippen LogP contribution in [0.25, 0.3) is 0 Å². The highest BCUT2D eigenvalue weighted by Crippen LogP contribution is 2.27. The van der Waals surface area contributed by atoms with Crippen LogP contribution in [0.1, 0.15) is 25.0 Å². The predicted octanol–water partition coefficient (Wildman–Crippen LogP) is 2.75. The second-order valence-corrected chi connectivity index (χ2v) is 8.52. The zero-order valence-electron chi connectivity index (χ0n) is 19.8. The van der Waals surface area contributed by atoms with Crippen molar-refractivity contribution in [1.29, 1.82) is 0 Å². The molecule has 0 aliphatic carbocycles. The van der Waals surface area contributed by atoms with Gasteiger partial charge >= 0.3 is 0 Å². The van der Waals surface area contributed by atoms with Gasteiger partial charge in [0.1, 0.15) is 0 Å². The summed E-state index contributed by atoms with van der Waals surface area (Å²) in [7, 11) is 1.56. The molecule has 3 rings (SSSR count). The zero-order valence-corrected chi connectivity index (χ0v) is 20.6. The quantitative estimate of drug-likeness (QED) is 0.322. The lowest BCUT2D eigenvalue weighted by molar-refractivity contribution is -0.145. The number of rotatable bonds is 9. The van der Waals surface area contributed by atoms with Crippen LogP contribution in [-0.4, -0.2) is 67.7 Å². The lowest BCUT2D eigenvalue weighted by Gasteiger charge is -2.35. The lowest BCUT2D eigenvalue weighted by atomic mass is 10.1. The Labute approximate surface area is 206 Å². The molecule has 2 aromatic carbocycles. The first-order valence-electron chi connectivity index (χ1n) is 11.3. The van der Waals surface area contributed by atoms with Crippen molar-refractivity contribution >= 4 is 29.5 Å². The van der Waals surface area contributed by atoms with E-state index in [1.54, 1.807) is 30.4 Å². The van der Waals surface area contributed by atoms with Crippen LogP contribution in [0.2, 0.25) is 0 Å². The molecule has 0 spiro atoms. The topological polar surface area (TPSA) is 84.4 Å².